The minimum atomic E-state index is 0. The molecule has 2 aromatic carbocycles. The Bertz CT molecular complexity index is 854. The Morgan fingerprint density at radius 2 is 2.03 bits per heavy atom. The molecule has 6 nitrogen and oxygen atoms in total. The summed E-state index contributed by atoms with van der Waals surface area (Å²) in [6.07, 6.45) is 1.29. The van der Waals surface area contributed by atoms with Crippen LogP contribution in [0.4, 0.5) is 5.69 Å². The Hall–Kier alpha value is -2.29. The summed E-state index contributed by atoms with van der Waals surface area (Å²) < 4.78 is 5.85. The van der Waals surface area contributed by atoms with E-state index in [9.17, 15) is 4.79 Å². The van der Waals surface area contributed by atoms with Crippen LogP contribution in [0, 0.1) is 6.92 Å². The molecule has 156 valence electrons. The highest BCUT2D eigenvalue weighted by Gasteiger charge is 2.14. The standard InChI is InChI=1S/C22H28N4O2.HI/c1-3-23-22(25-15-17-6-4-5-16(2)13-17)24-11-12-28-19-8-9-20-18(14-19)7-10-21(27)26-20;/h4-6,8-9,13-14H,3,7,10-12,15H2,1-2H3,(H,26,27)(H2,23,24,25);1H. The van der Waals surface area contributed by atoms with E-state index in [0.717, 1.165) is 35.9 Å². The molecule has 1 amide bonds. The van der Waals surface area contributed by atoms with Crippen molar-refractivity contribution in [2.24, 2.45) is 4.99 Å². The van der Waals surface area contributed by atoms with Crippen LogP contribution in [0.3, 0.4) is 0 Å². The molecule has 0 saturated carbocycles. The van der Waals surface area contributed by atoms with E-state index in [1.54, 1.807) is 0 Å². The molecule has 0 saturated heterocycles. The van der Waals surface area contributed by atoms with E-state index < -0.39 is 0 Å². The van der Waals surface area contributed by atoms with Gasteiger partial charge >= 0.3 is 0 Å². The second kappa shape index (κ2) is 11.6. The number of anilines is 1. The third-order valence-corrected chi connectivity index (χ3v) is 4.48. The summed E-state index contributed by atoms with van der Waals surface area (Å²) in [6, 6.07) is 14.2. The first-order valence-electron chi connectivity index (χ1n) is 9.77. The fraction of sp³-hybridized carbons (Fsp3) is 0.364. The minimum absolute atomic E-state index is 0. The lowest BCUT2D eigenvalue weighted by atomic mass is 10.0. The molecule has 7 heteroatoms. The summed E-state index contributed by atoms with van der Waals surface area (Å²) in [5, 5.41) is 9.44. The van der Waals surface area contributed by atoms with E-state index in [-0.39, 0.29) is 29.9 Å². The number of hydrogen-bond acceptors (Lipinski definition) is 3. The molecule has 0 unspecified atom stereocenters. The molecule has 2 aromatic rings. The lowest BCUT2D eigenvalue weighted by Crippen LogP contribution is -2.39. The predicted molar refractivity (Wildman–Crippen MR) is 128 cm³/mol. The zero-order chi connectivity index (χ0) is 19.8. The number of ether oxygens (including phenoxy) is 1. The summed E-state index contributed by atoms with van der Waals surface area (Å²) >= 11 is 0. The number of nitrogens with one attached hydrogen (secondary N) is 3. The van der Waals surface area contributed by atoms with Crippen LogP contribution >= 0.6 is 24.0 Å². The molecule has 1 aliphatic rings. The normalized spacial score (nSPS) is 13.0. The fourth-order valence-corrected chi connectivity index (χ4v) is 3.11. The maximum absolute atomic E-state index is 11.4. The van der Waals surface area contributed by atoms with Crippen molar-refractivity contribution in [1.82, 2.24) is 10.6 Å². The molecule has 0 aliphatic carbocycles. The molecule has 3 rings (SSSR count). The Morgan fingerprint density at radius 3 is 2.83 bits per heavy atom. The van der Waals surface area contributed by atoms with Crippen LogP contribution in [-0.2, 0) is 17.8 Å². The number of aryl methyl sites for hydroxylation is 2. The number of nitrogens with zero attached hydrogens (tertiary/aromatic N) is 1. The average Bonchev–Trinajstić information content (AvgIpc) is 2.69. The number of amides is 1. The van der Waals surface area contributed by atoms with Crippen LogP contribution in [0.2, 0.25) is 0 Å². The number of fused-ring (bicyclic) bond motifs is 1. The van der Waals surface area contributed by atoms with Crippen molar-refractivity contribution >= 4 is 41.5 Å². The van der Waals surface area contributed by atoms with Gasteiger partial charge in [-0.15, -0.1) is 24.0 Å². The molecule has 3 N–H and O–H groups in total. The number of rotatable bonds is 7. The third-order valence-electron chi connectivity index (χ3n) is 4.48. The second-order valence-corrected chi connectivity index (χ2v) is 6.83. The quantitative estimate of drug-likeness (QED) is 0.231. The Morgan fingerprint density at radius 1 is 1.17 bits per heavy atom. The molecule has 0 atom stereocenters. The largest absolute Gasteiger partial charge is 0.492 e. The first-order valence-corrected chi connectivity index (χ1v) is 9.77. The van der Waals surface area contributed by atoms with Crippen LogP contribution in [0.1, 0.15) is 30.0 Å². The number of hydrogen-bond donors (Lipinski definition) is 3. The molecule has 0 fully saturated rings. The van der Waals surface area contributed by atoms with Crippen LogP contribution in [-0.4, -0.2) is 31.6 Å². The summed E-state index contributed by atoms with van der Waals surface area (Å²) in [5.41, 5.74) is 4.44. The van der Waals surface area contributed by atoms with Gasteiger partial charge in [0.2, 0.25) is 5.91 Å². The van der Waals surface area contributed by atoms with Gasteiger partial charge in [0, 0.05) is 18.7 Å². The summed E-state index contributed by atoms with van der Waals surface area (Å²) in [6.45, 7) is 6.74. The van der Waals surface area contributed by atoms with Gasteiger partial charge in [0.15, 0.2) is 5.96 Å². The maximum Gasteiger partial charge on any atom is 0.224 e. The van der Waals surface area contributed by atoms with Crippen LogP contribution in [0.25, 0.3) is 0 Å². The average molecular weight is 508 g/mol. The van der Waals surface area contributed by atoms with Crippen molar-refractivity contribution in [3.8, 4) is 5.75 Å². The van der Waals surface area contributed by atoms with Crippen molar-refractivity contribution in [2.45, 2.75) is 33.2 Å². The predicted octanol–water partition coefficient (Wildman–Crippen LogP) is 3.63. The molecular formula is C22H29IN4O2. The molecule has 1 heterocycles. The first kappa shape index (κ1) is 23.0. The van der Waals surface area contributed by atoms with Gasteiger partial charge in [-0.2, -0.15) is 0 Å². The van der Waals surface area contributed by atoms with Gasteiger partial charge in [0.1, 0.15) is 12.4 Å². The monoisotopic (exact) mass is 508 g/mol. The van der Waals surface area contributed by atoms with Crippen molar-refractivity contribution < 1.29 is 9.53 Å². The highest BCUT2D eigenvalue weighted by atomic mass is 127. The number of aliphatic imine (C=N–C) groups is 1. The van der Waals surface area contributed by atoms with E-state index in [1.165, 1.54) is 11.1 Å². The number of guanidine groups is 1. The number of carbonyl (C=O) groups excluding carboxylic acids is 1. The molecule has 0 radical (unpaired) electrons. The number of carbonyl (C=O) groups is 1. The van der Waals surface area contributed by atoms with Crippen LogP contribution in [0.15, 0.2) is 47.5 Å². The van der Waals surface area contributed by atoms with Gasteiger partial charge in [0.25, 0.3) is 0 Å². The van der Waals surface area contributed by atoms with E-state index in [0.29, 0.717) is 26.1 Å². The van der Waals surface area contributed by atoms with Gasteiger partial charge in [-0.05, 0) is 49.6 Å². The van der Waals surface area contributed by atoms with E-state index in [2.05, 4.69) is 52.1 Å². The highest BCUT2D eigenvalue weighted by Crippen LogP contribution is 2.26. The zero-order valence-corrected chi connectivity index (χ0v) is 19.3. The Labute approximate surface area is 189 Å². The molecule has 0 spiro atoms. The second-order valence-electron chi connectivity index (χ2n) is 6.83. The minimum Gasteiger partial charge on any atom is -0.492 e. The molecule has 0 bridgehead atoms. The zero-order valence-electron chi connectivity index (χ0n) is 17.0. The van der Waals surface area contributed by atoms with Crippen LogP contribution < -0.4 is 20.7 Å². The topological polar surface area (TPSA) is 74.8 Å². The summed E-state index contributed by atoms with van der Waals surface area (Å²) in [4.78, 5) is 16.1. The molecular weight excluding hydrogens is 479 g/mol. The lowest BCUT2D eigenvalue weighted by Gasteiger charge is -2.18. The number of halogens is 1. The molecule has 1 aliphatic heterocycles. The number of benzene rings is 2. The van der Waals surface area contributed by atoms with Gasteiger partial charge in [0.05, 0.1) is 13.1 Å². The van der Waals surface area contributed by atoms with Crippen molar-refractivity contribution in [2.75, 3.05) is 25.0 Å². The van der Waals surface area contributed by atoms with Gasteiger partial charge in [-0.3, -0.25) is 4.79 Å². The fourth-order valence-electron chi connectivity index (χ4n) is 3.11. The third kappa shape index (κ3) is 7.23. The highest BCUT2D eigenvalue weighted by molar-refractivity contribution is 14.0. The maximum atomic E-state index is 11.4. The van der Waals surface area contributed by atoms with Gasteiger partial charge in [-0.1, -0.05) is 29.8 Å². The van der Waals surface area contributed by atoms with Gasteiger partial charge in [-0.25, -0.2) is 4.99 Å². The van der Waals surface area contributed by atoms with E-state index >= 15 is 0 Å². The Kier molecular flexibility index (Phi) is 9.24. The van der Waals surface area contributed by atoms with E-state index in [4.69, 9.17) is 4.74 Å². The first-order chi connectivity index (χ1) is 13.6. The van der Waals surface area contributed by atoms with Gasteiger partial charge < -0.3 is 20.7 Å². The van der Waals surface area contributed by atoms with Crippen molar-refractivity contribution in [1.29, 1.82) is 0 Å². The van der Waals surface area contributed by atoms with E-state index in [1.807, 2.05) is 25.1 Å². The van der Waals surface area contributed by atoms with Crippen molar-refractivity contribution in [3.05, 3.63) is 59.2 Å². The summed E-state index contributed by atoms with van der Waals surface area (Å²) in [5.74, 6) is 1.67. The van der Waals surface area contributed by atoms with Crippen molar-refractivity contribution in [3.63, 3.8) is 0 Å². The SMILES string of the molecule is CCNC(=NCc1cccc(C)c1)NCCOc1ccc2c(c1)CCC(=O)N2.I. The summed E-state index contributed by atoms with van der Waals surface area (Å²) in [7, 11) is 0. The van der Waals surface area contributed by atoms with Crippen LogP contribution in [0.5, 0.6) is 5.75 Å². The lowest BCUT2D eigenvalue weighted by molar-refractivity contribution is -0.116. The molecule has 29 heavy (non-hydrogen) atoms. The molecule has 0 aromatic heterocycles. The Balaban J connectivity index is 0.00000300. The smallest absolute Gasteiger partial charge is 0.224 e.